The molecule has 4 N–H and O–H groups in total. The zero-order chi connectivity index (χ0) is 24.1. The molecule has 0 saturated carbocycles. The summed E-state index contributed by atoms with van der Waals surface area (Å²) in [5.41, 5.74) is 3.68. The summed E-state index contributed by atoms with van der Waals surface area (Å²) in [6, 6.07) is 13.8. The van der Waals surface area contributed by atoms with Crippen LogP contribution in [0.25, 0.3) is 21.8 Å². The van der Waals surface area contributed by atoms with Crippen molar-refractivity contribution in [3.05, 3.63) is 72.1 Å². The van der Waals surface area contributed by atoms with Gasteiger partial charge in [-0.25, -0.2) is 4.79 Å². The number of esters is 1. The Hall–Kier alpha value is -4.07. The summed E-state index contributed by atoms with van der Waals surface area (Å²) in [6.45, 7) is 3.29. The van der Waals surface area contributed by atoms with Gasteiger partial charge in [0.1, 0.15) is 12.1 Å². The van der Waals surface area contributed by atoms with Crippen molar-refractivity contribution in [2.75, 3.05) is 6.61 Å². The molecular formula is C26H28N4O4. The fraction of sp³-hybridized carbons (Fsp3) is 0.269. The zero-order valence-electron chi connectivity index (χ0n) is 19.2. The van der Waals surface area contributed by atoms with Crippen molar-refractivity contribution in [2.24, 2.45) is 0 Å². The smallest absolute Gasteiger partial charge is 0.328 e. The highest BCUT2D eigenvalue weighted by molar-refractivity contribution is 5.92. The highest BCUT2D eigenvalue weighted by atomic mass is 16.5. The van der Waals surface area contributed by atoms with Crippen LogP contribution in [0.3, 0.4) is 0 Å². The summed E-state index contributed by atoms with van der Waals surface area (Å²) in [5.74, 6) is -1.29. The first kappa shape index (κ1) is 23.1. The molecule has 2 unspecified atom stereocenters. The van der Waals surface area contributed by atoms with Gasteiger partial charge in [0.2, 0.25) is 11.8 Å². The van der Waals surface area contributed by atoms with Crippen LogP contribution in [0.5, 0.6) is 0 Å². The number of aromatic amines is 2. The van der Waals surface area contributed by atoms with Crippen molar-refractivity contribution in [3.8, 4) is 0 Å². The molecule has 0 saturated heterocycles. The molecule has 0 aliphatic heterocycles. The normalized spacial score (nSPS) is 12.9. The van der Waals surface area contributed by atoms with Crippen LogP contribution in [0.2, 0.25) is 0 Å². The molecule has 2 amide bonds. The number of fused-ring (bicyclic) bond motifs is 2. The molecule has 0 radical (unpaired) electrons. The summed E-state index contributed by atoms with van der Waals surface area (Å²) in [6.07, 6.45) is 4.20. The minimum Gasteiger partial charge on any atom is -0.464 e. The maximum atomic E-state index is 13.3. The van der Waals surface area contributed by atoms with E-state index in [1.54, 1.807) is 6.92 Å². The lowest BCUT2D eigenvalue weighted by Gasteiger charge is -2.22. The van der Waals surface area contributed by atoms with Crippen molar-refractivity contribution >= 4 is 39.6 Å². The number of hydrogen-bond donors (Lipinski definition) is 4. The summed E-state index contributed by atoms with van der Waals surface area (Å²) in [7, 11) is 0. The molecule has 0 spiro atoms. The lowest BCUT2D eigenvalue weighted by atomic mass is 10.0. The number of rotatable bonds is 9. The molecule has 2 atom stereocenters. The lowest BCUT2D eigenvalue weighted by molar-refractivity contribution is -0.147. The number of benzene rings is 2. The van der Waals surface area contributed by atoms with Crippen LogP contribution >= 0.6 is 0 Å². The molecule has 0 aliphatic carbocycles. The van der Waals surface area contributed by atoms with E-state index in [2.05, 4.69) is 20.6 Å². The second-order valence-corrected chi connectivity index (χ2v) is 8.19. The van der Waals surface area contributed by atoms with Crippen molar-refractivity contribution in [3.63, 3.8) is 0 Å². The number of H-pyrrole nitrogens is 2. The van der Waals surface area contributed by atoms with E-state index in [9.17, 15) is 14.4 Å². The molecule has 8 nitrogen and oxygen atoms in total. The molecule has 0 fully saturated rings. The van der Waals surface area contributed by atoms with Gasteiger partial charge < -0.3 is 25.3 Å². The average molecular weight is 461 g/mol. The largest absolute Gasteiger partial charge is 0.464 e. The van der Waals surface area contributed by atoms with Crippen LogP contribution in [0, 0.1) is 0 Å². The molecule has 2 aromatic heterocycles. The average Bonchev–Trinajstić information content (AvgIpc) is 3.42. The monoisotopic (exact) mass is 460 g/mol. The second-order valence-electron chi connectivity index (χ2n) is 8.19. The number of ether oxygens (including phenoxy) is 1. The van der Waals surface area contributed by atoms with Crippen LogP contribution < -0.4 is 10.6 Å². The Bertz CT molecular complexity index is 1320. The molecule has 2 aromatic carbocycles. The molecule has 34 heavy (non-hydrogen) atoms. The Kier molecular flexibility index (Phi) is 6.96. The van der Waals surface area contributed by atoms with Crippen LogP contribution in [-0.2, 0) is 32.0 Å². The van der Waals surface area contributed by atoms with Crippen molar-refractivity contribution in [1.82, 2.24) is 20.6 Å². The van der Waals surface area contributed by atoms with Gasteiger partial charge >= 0.3 is 5.97 Å². The number of para-hydroxylation sites is 2. The van der Waals surface area contributed by atoms with Gasteiger partial charge in [-0.2, -0.15) is 0 Å². The maximum absolute atomic E-state index is 13.3. The van der Waals surface area contributed by atoms with Crippen LogP contribution in [0.4, 0.5) is 0 Å². The van der Waals surface area contributed by atoms with Crippen molar-refractivity contribution in [1.29, 1.82) is 0 Å². The SMILES string of the molecule is CCOC(=O)C(Cc1c[nH]c2ccccc12)NC(=O)C(Cc1c[nH]c2ccccc12)NC(C)=O. The predicted octanol–water partition coefficient (Wildman–Crippen LogP) is 2.99. The van der Waals surface area contributed by atoms with Crippen LogP contribution in [0.1, 0.15) is 25.0 Å². The molecule has 8 heteroatoms. The van der Waals surface area contributed by atoms with Gasteiger partial charge in [0.05, 0.1) is 6.61 Å². The van der Waals surface area contributed by atoms with Gasteiger partial charge in [-0.3, -0.25) is 9.59 Å². The summed E-state index contributed by atoms with van der Waals surface area (Å²) < 4.78 is 5.23. The fourth-order valence-corrected chi connectivity index (χ4v) is 4.20. The number of carbonyl (C=O) groups is 3. The molecule has 4 rings (SSSR count). The van der Waals surface area contributed by atoms with Crippen molar-refractivity contribution in [2.45, 2.75) is 38.8 Å². The minimum absolute atomic E-state index is 0.198. The predicted molar refractivity (Wildman–Crippen MR) is 130 cm³/mol. The maximum Gasteiger partial charge on any atom is 0.328 e. The number of amides is 2. The van der Waals surface area contributed by atoms with E-state index in [1.165, 1.54) is 6.92 Å². The van der Waals surface area contributed by atoms with Crippen molar-refractivity contribution < 1.29 is 19.1 Å². The van der Waals surface area contributed by atoms with E-state index in [1.807, 2.05) is 60.9 Å². The van der Waals surface area contributed by atoms with E-state index in [4.69, 9.17) is 4.74 Å². The summed E-state index contributed by atoms with van der Waals surface area (Å²) >= 11 is 0. The lowest BCUT2D eigenvalue weighted by Crippen LogP contribution is -2.53. The summed E-state index contributed by atoms with van der Waals surface area (Å²) in [5, 5.41) is 7.50. The molecule has 176 valence electrons. The van der Waals surface area contributed by atoms with E-state index in [-0.39, 0.29) is 25.4 Å². The van der Waals surface area contributed by atoms with E-state index in [0.29, 0.717) is 0 Å². The van der Waals surface area contributed by atoms with Gasteiger partial charge in [-0.1, -0.05) is 36.4 Å². The third-order valence-corrected chi connectivity index (χ3v) is 5.78. The first-order chi connectivity index (χ1) is 16.5. The van der Waals surface area contributed by atoms with Gasteiger partial charge in [0, 0.05) is 54.0 Å². The molecule has 2 heterocycles. The highest BCUT2D eigenvalue weighted by Gasteiger charge is 2.28. The Balaban J connectivity index is 1.56. The standard InChI is InChI=1S/C26H28N4O4/c1-3-34-26(33)24(13-18-15-28-22-11-7-5-9-20(18)22)30-25(32)23(29-16(2)31)12-17-14-27-21-10-6-4-8-19(17)21/h4-11,14-15,23-24,27-28H,3,12-13H2,1-2H3,(H,29,31)(H,30,32). The van der Waals surface area contributed by atoms with Crippen LogP contribution in [0.15, 0.2) is 60.9 Å². The Morgan fingerprint density at radius 1 is 0.824 bits per heavy atom. The van der Waals surface area contributed by atoms with Gasteiger partial charge in [-0.15, -0.1) is 0 Å². The molecular weight excluding hydrogens is 432 g/mol. The molecule has 0 bridgehead atoms. The van der Waals surface area contributed by atoms with Crippen LogP contribution in [-0.4, -0.2) is 46.4 Å². The third kappa shape index (κ3) is 5.11. The Morgan fingerprint density at radius 3 is 1.88 bits per heavy atom. The fourth-order valence-electron chi connectivity index (χ4n) is 4.20. The number of hydrogen-bond acceptors (Lipinski definition) is 4. The Morgan fingerprint density at radius 2 is 1.35 bits per heavy atom. The van der Waals surface area contributed by atoms with E-state index < -0.39 is 24.0 Å². The second kappa shape index (κ2) is 10.2. The summed E-state index contributed by atoms with van der Waals surface area (Å²) in [4.78, 5) is 44.3. The minimum atomic E-state index is -0.897. The number of carbonyl (C=O) groups excluding carboxylic acids is 3. The zero-order valence-corrected chi connectivity index (χ0v) is 19.2. The number of aromatic nitrogens is 2. The first-order valence-corrected chi connectivity index (χ1v) is 11.3. The first-order valence-electron chi connectivity index (χ1n) is 11.3. The quantitative estimate of drug-likeness (QED) is 0.287. The third-order valence-electron chi connectivity index (χ3n) is 5.78. The molecule has 4 aromatic rings. The topological polar surface area (TPSA) is 116 Å². The molecule has 0 aliphatic rings. The van der Waals surface area contributed by atoms with Gasteiger partial charge in [-0.05, 0) is 30.2 Å². The Labute approximate surface area is 197 Å². The number of nitrogens with one attached hydrogen (secondary N) is 4. The van der Waals surface area contributed by atoms with E-state index in [0.717, 1.165) is 32.9 Å². The van der Waals surface area contributed by atoms with Gasteiger partial charge in [0.25, 0.3) is 0 Å². The van der Waals surface area contributed by atoms with E-state index >= 15 is 0 Å². The highest BCUT2D eigenvalue weighted by Crippen LogP contribution is 2.21. The van der Waals surface area contributed by atoms with Gasteiger partial charge in [0.15, 0.2) is 0 Å².